The first-order valence-electron chi connectivity index (χ1n) is 5.58. The number of piperidine rings is 1. The van der Waals surface area contributed by atoms with Crippen molar-refractivity contribution in [2.24, 2.45) is 0 Å². The fraction of sp³-hybridized carbons (Fsp3) is 0.538. The van der Waals surface area contributed by atoms with E-state index in [1.165, 1.54) is 42.5 Å². The molecule has 0 bridgehead atoms. The summed E-state index contributed by atoms with van der Waals surface area (Å²) >= 11 is 0. The van der Waals surface area contributed by atoms with Gasteiger partial charge in [-0.25, -0.2) is 0 Å². The van der Waals surface area contributed by atoms with Gasteiger partial charge in [0.2, 0.25) is 0 Å². The van der Waals surface area contributed by atoms with Crippen LogP contribution in [0.15, 0.2) is 18.2 Å². The summed E-state index contributed by atoms with van der Waals surface area (Å²) < 4.78 is 0. The van der Waals surface area contributed by atoms with Crippen LogP contribution in [0.2, 0.25) is 0 Å². The summed E-state index contributed by atoms with van der Waals surface area (Å²) in [7, 11) is 0. The molecular formula is C13H20ClN. The highest BCUT2D eigenvalue weighted by atomic mass is 35.5. The van der Waals surface area contributed by atoms with Crippen molar-refractivity contribution in [1.29, 1.82) is 0 Å². The minimum atomic E-state index is 0. The minimum Gasteiger partial charge on any atom is -0.310 e. The van der Waals surface area contributed by atoms with E-state index in [4.69, 9.17) is 0 Å². The van der Waals surface area contributed by atoms with Crippen molar-refractivity contribution in [3.8, 4) is 0 Å². The smallest absolute Gasteiger partial charge is 0.0320 e. The average molecular weight is 226 g/mol. The van der Waals surface area contributed by atoms with Gasteiger partial charge in [-0.2, -0.15) is 0 Å². The lowest BCUT2D eigenvalue weighted by Crippen LogP contribution is -2.26. The predicted molar refractivity (Wildman–Crippen MR) is 67.8 cm³/mol. The molecule has 1 heterocycles. The van der Waals surface area contributed by atoms with Crippen LogP contribution in [0, 0.1) is 13.8 Å². The van der Waals surface area contributed by atoms with Gasteiger partial charge in [0, 0.05) is 6.04 Å². The maximum Gasteiger partial charge on any atom is 0.0320 e. The summed E-state index contributed by atoms with van der Waals surface area (Å²) in [6.45, 7) is 5.55. The van der Waals surface area contributed by atoms with Crippen molar-refractivity contribution in [3.05, 3.63) is 34.9 Å². The Balaban J connectivity index is 0.00000112. The monoisotopic (exact) mass is 225 g/mol. The Morgan fingerprint density at radius 1 is 1.13 bits per heavy atom. The topological polar surface area (TPSA) is 12.0 Å². The van der Waals surface area contributed by atoms with Crippen LogP contribution < -0.4 is 5.32 Å². The number of hydrogen-bond donors (Lipinski definition) is 1. The molecule has 0 amide bonds. The van der Waals surface area contributed by atoms with Crippen LogP contribution in [0.3, 0.4) is 0 Å². The molecule has 1 aromatic carbocycles. The van der Waals surface area contributed by atoms with Gasteiger partial charge in [0.25, 0.3) is 0 Å². The van der Waals surface area contributed by atoms with E-state index in [0.29, 0.717) is 6.04 Å². The lowest BCUT2D eigenvalue weighted by Gasteiger charge is -2.24. The van der Waals surface area contributed by atoms with Crippen LogP contribution in [0.5, 0.6) is 0 Å². The van der Waals surface area contributed by atoms with Gasteiger partial charge in [-0.3, -0.25) is 0 Å². The van der Waals surface area contributed by atoms with Crippen molar-refractivity contribution in [1.82, 2.24) is 5.32 Å². The van der Waals surface area contributed by atoms with E-state index in [1.54, 1.807) is 0 Å². The van der Waals surface area contributed by atoms with E-state index >= 15 is 0 Å². The molecule has 1 atom stereocenters. The summed E-state index contributed by atoms with van der Waals surface area (Å²) in [5.74, 6) is 0. The number of nitrogens with one attached hydrogen (secondary N) is 1. The van der Waals surface area contributed by atoms with Crippen molar-refractivity contribution < 1.29 is 0 Å². The molecule has 1 aromatic rings. The first-order valence-corrected chi connectivity index (χ1v) is 5.58. The Kier molecular flexibility index (Phi) is 4.62. The van der Waals surface area contributed by atoms with Crippen molar-refractivity contribution in [2.75, 3.05) is 6.54 Å². The van der Waals surface area contributed by atoms with Crippen LogP contribution >= 0.6 is 12.4 Å². The van der Waals surface area contributed by atoms with Crippen LogP contribution in [0.4, 0.5) is 0 Å². The Labute approximate surface area is 98.7 Å². The fourth-order valence-electron chi connectivity index (χ4n) is 2.12. The Hall–Kier alpha value is -0.530. The minimum absolute atomic E-state index is 0. The third-order valence-corrected chi connectivity index (χ3v) is 3.24. The van der Waals surface area contributed by atoms with Crippen molar-refractivity contribution >= 4 is 12.4 Å². The van der Waals surface area contributed by atoms with E-state index in [2.05, 4.69) is 37.4 Å². The molecule has 0 aromatic heterocycles. The second-order valence-corrected chi connectivity index (χ2v) is 4.35. The van der Waals surface area contributed by atoms with E-state index in [9.17, 15) is 0 Å². The molecule has 1 aliphatic heterocycles. The van der Waals surface area contributed by atoms with Crippen LogP contribution in [-0.4, -0.2) is 6.54 Å². The maximum absolute atomic E-state index is 3.58. The molecule has 0 saturated carbocycles. The van der Waals surface area contributed by atoms with Gasteiger partial charge in [0.05, 0.1) is 0 Å². The zero-order valence-electron chi connectivity index (χ0n) is 9.55. The predicted octanol–water partition coefficient (Wildman–Crippen LogP) is 3.54. The average Bonchev–Trinajstić information content (AvgIpc) is 2.23. The second kappa shape index (κ2) is 5.53. The summed E-state index contributed by atoms with van der Waals surface area (Å²) in [5, 5.41) is 3.58. The Bertz CT molecular complexity index is 316. The van der Waals surface area contributed by atoms with Crippen LogP contribution in [0.25, 0.3) is 0 Å². The molecule has 1 N–H and O–H groups in total. The third-order valence-electron chi connectivity index (χ3n) is 3.24. The number of halogens is 1. The van der Waals surface area contributed by atoms with Gasteiger partial charge in [0.1, 0.15) is 0 Å². The molecule has 0 spiro atoms. The molecule has 0 unspecified atom stereocenters. The fourth-order valence-corrected chi connectivity index (χ4v) is 2.12. The highest BCUT2D eigenvalue weighted by Crippen LogP contribution is 2.24. The summed E-state index contributed by atoms with van der Waals surface area (Å²) in [6.07, 6.45) is 3.99. The van der Waals surface area contributed by atoms with E-state index in [-0.39, 0.29) is 12.4 Å². The molecule has 0 radical (unpaired) electrons. The summed E-state index contributed by atoms with van der Waals surface area (Å²) in [6, 6.07) is 7.44. The number of aryl methyl sites for hydroxylation is 2. The highest BCUT2D eigenvalue weighted by Gasteiger charge is 2.14. The molecule has 15 heavy (non-hydrogen) atoms. The van der Waals surface area contributed by atoms with E-state index in [1.807, 2.05) is 0 Å². The summed E-state index contributed by atoms with van der Waals surface area (Å²) in [4.78, 5) is 0. The third kappa shape index (κ3) is 2.96. The van der Waals surface area contributed by atoms with Gasteiger partial charge in [-0.15, -0.1) is 12.4 Å². The standard InChI is InChI=1S/C13H19N.ClH/c1-10-6-7-12(9-11(10)2)13-5-3-4-8-14-13;/h6-7,9,13-14H,3-5,8H2,1-2H3;1H/t13-;/m0./s1. The number of rotatable bonds is 1. The van der Waals surface area contributed by atoms with Gasteiger partial charge in [-0.05, 0) is 49.9 Å². The molecule has 1 nitrogen and oxygen atoms in total. The quantitative estimate of drug-likeness (QED) is 0.771. The molecular weight excluding hydrogens is 206 g/mol. The zero-order valence-corrected chi connectivity index (χ0v) is 10.4. The van der Waals surface area contributed by atoms with E-state index in [0.717, 1.165) is 0 Å². The lowest BCUT2D eigenvalue weighted by molar-refractivity contribution is 0.412. The molecule has 2 heteroatoms. The van der Waals surface area contributed by atoms with E-state index < -0.39 is 0 Å². The Morgan fingerprint density at radius 2 is 1.93 bits per heavy atom. The first kappa shape index (κ1) is 12.5. The highest BCUT2D eigenvalue weighted by molar-refractivity contribution is 5.85. The SMILES string of the molecule is Cc1ccc([C@@H]2CCCCN2)cc1C.Cl. The zero-order chi connectivity index (χ0) is 9.97. The summed E-state index contributed by atoms with van der Waals surface area (Å²) in [5.41, 5.74) is 4.27. The second-order valence-electron chi connectivity index (χ2n) is 4.35. The molecule has 0 aliphatic carbocycles. The van der Waals surface area contributed by atoms with Gasteiger partial charge in [-0.1, -0.05) is 24.6 Å². The van der Waals surface area contributed by atoms with Crippen LogP contribution in [0.1, 0.15) is 42.0 Å². The normalized spacial score (nSPS) is 20.8. The van der Waals surface area contributed by atoms with Crippen molar-refractivity contribution in [3.63, 3.8) is 0 Å². The molecule has 1 saturated heterocycles. The molecule has 84 valence electrons. The maximum atomic E-state index is 3.58. The molecule has 2 rings (SSSR count). The van der Waals surface area contributed by atoms with Crippen molar-refractivity contribution in [2.45, 2.75) is 39.2 Å². The van der Waals surface area contributed by atoms with Gasteiger partial charge < -0.3 is 5.32 Å². The molecule has 1 fully saturated rings. The van der Waals surface area contributed by atoms with Gasteiger partial charge in [0.15, 0.2) is 0 Å². The van der Waals surface area contributed by atoms with Gasteiger partial charge >= 0.3 is 0 Å². The van der Waals surface area contributed by atoms with Crippen LogP contribution in [-0.2, 0) is 0 Å². The molecule has 1 aliphatic rings. The Morgan fingerprint density at radius 3 is 2.53 bits per heavy atom. The first-order chi connectivity index (χ1) is 6.77. The number of hydrogen-bond acceptors (Lipinski definition) is 1. The lowest BCUT2D eigenvalue weighted by atomic mass is 9.95. The largest absolute Gasteiger partial charge is 0.310 e. The number of benzene rings is 1.